The van der Waals surface area contributed by atoms with Crippen LogP contribution in [0.3, 0.4) is 0 Å². The van der Waals surface area contributed by atoms with Crippen LogP contribution in [-0.2, 0) is 11.2 Å². The maximum Gasteiger partial charge on any atom is 0.416 e. The lowest BCUT2D eigenvalue weighted by Gasteiger charge is -2.26. The van der Waals surface area contributed by atoms with Gasteiger partial charge in [0.1, 0.15) is 5.60 Å². The van der Waals surface area contributed by atoms with Crippen LogP contribution >= 0.6 is 22.9 Å². The first kappa shape index (κ1) is 16.7. The monoisotopic (exact) mass is 314 g/mol. The van der Waals surface area contributed by atoms with Gasteiger partial charge in [0.25, 0.3) is 0 Å². The van der Waals surface area contributed by atoms with Gasteiger partial charge in [0.15, 0.2) is 10.3 Å². The normalized spacial score (nSPS) is 11.0. The van der Waals surface area contributed by atoms with E-state index in [1.54, 1.807) is 12.2 Å². The highest BCUT2D eigenvalue weighted by Gasteiger charge is 2.26. The zero-order valence-corrected chi connectivity index (χ0v) is 13.6. The molecule has 1 heterocycles. The Morgan fingerprint density at radius 1 is 1.45 bits per heavy atom. The van der Waals surface area contributed by atoms with Crippen LogP contribution in [0.25, 0.3) is 0 Å². The molecule has 0 aliphatic heterocycles. The Bertz CT molecular complexity index is 506. The molecule has 0 bridgehead atoms. The van der Waals surface area contributed by atoms with E-state index >= 15 is 0 Å². The van der Waals surface area contributed by atoms with E-state index in [-0.39, 0.29) is 0 Å². The number of ether oxygens (including phenoxy) is 1. The van der Waals surface area contributed by atoms with Crippen molar-refractivity contribution in [3.8, 4) is 0 Å². The van der Waals surface area contributed by atoms with Crippen LogP contribution in [-0.4, -0.2) is 23.2 Å². The van der Waals surface area contributed by atoms with E-state index in [2.05, 4.69) is 18.1 Å². The predicted molar refractivity (Wildman–Crippen MR) is 84.8 cm³/mol. The summed E-state index contributed by atoms with van der Waals surface area (Å²) in [5, 5.41) is 0. The van der Waals surface area contributed by atoms with Crippen molar-refractivity contribution in [1.82, 2.24) is 4.98 Å². The minimum atomic E-state index is -0.574. The fourth-order valence-corrected chi connectivity index (χ4v) is 2.63. The Kier molecular flexibility index (Phi) is 5.77. The van der Waals surface area contributed by atoms with Crippen molar-refractivity contribution < 1.29 is 9.53 Å². The Morgan fingerprint density at radius 2 is 2.10 bits per heavy atom. The van der Waals surface area contributed by atoms with Gasteiger partial charge in [-0.3, -0.25) is 4.90 Å². The molecule has 20 heavy (non-hydrogen) atoms. The van der Waals surface area contributed by atoms with Gasteiger partial charge in [-0.15, -0.1) is 24.5 Å². The molecule has 1 aromatic rings. The standard InChI is InChI=1S/C14H19ClN2O2S/c1-6-8-10-11(16-12(15)20-10)17(9-7-2)13(18)19-14(3,4)5/h6-7H,1-2,8-9H2,3-5H3. The lowest BCUT2D eigenvalue weighted by Crippen LogP contribution is -2.37. The summed E-state index contributed by atoms with van der Waals surface area (Å²) in [7, 11) is 0. The van der Waals surface area contributed by atoms with Gasteiger partial charge >= 0.3 is 6.09 Å². The zero-order valence-electron chi connectivity index (χ0n) is 12.0. The van der Waals surface area contributed by atoms with Gasteiger partial charge in [0.05, 0.1) is 4.88 Å². The van der Waals surface area contributed by atoms with Gasteiger partial charge in [-0.25, -0.2) is 9.78 Å². The number of rotatable bonds is 5. The molecular weight excluding hydrogens is 296 g/mol. The van der Waals surface area contributed by atoms with E-state index in [9.17, 15) is 4.79 Å². The lowest BCUT2D eigenvalue weighted by atomic mass is 10.2. The molecule has 0 aliphatic carbocycles. The molecule has 1 rings (SSSR count). The Morgan fingerprint density at radius 3 is 2.60 bits per heavy atom. The summed E-state index contributed by atoms with van der Waals surface area (Å²) < 4.78 is 5.77. The summed E-state index contributed by atoms with van der Waals surface area (Å²) in [5.41, 5.74) is -0.574. The van der Waals surface area contributed by atoms with Crippen LogP contribution in [0.4, 0.5) is 10.6 Å². The molecule has 0 saturated heterocycles. The van der Waals surface area contributed by atoms with Crippen molar-refractivity contribution in [2.24, 2.45) is 0 Å². The van der Waals surface area contributed by atoms with Gasteiger partial charge in [-0.2, -0.15) is 0 Å². The molecule has 0 radical (unpaired) electrons. The number of nitrogens with zero attached hydrogens (tertiary/aromatic N) is 2. The van der Waals surface area contributed by atoms with Gasteiger partial charge in [0, 0.05) is 13.0 Å². The highest BCUT2D eigenvalue weighted by atomic mass is 35.5. The van der Waals surface area contributed by atoms with Crippen molar-refractivity contribution >= 4 is 34.8 Å². The first-order chi connectivity index (χ1) is 9.28. The van der Waals surface area contributed by atoms with Gasteiger partial charge < -0.3 is 4.74 Å². The molecule has 1 amide bonds. The highest BCUT2D eigenvalue weighted by Crippen LogP contribution is 2.31. The fourth-order valence-electron chi connectivity index (χ4n) is 1.48. The first-order valence-corrected chi connectivity index (χ1v) is 7.35. The molecule has 6 heteroatoms. The van der Waals surface area contributed by atoms with Crippen LogP contribution in [0, 0.1) is 0 Å². The number of hydrogen-bond acceptors (Lipinski definition) is 4. The van der Waals surface area contributed by atoms with Crippen molar-refractivity contribution in [3.05, 3.63) is 34.7 Å². The Hall–Kier alpha value is -1.33. The smallest absolute Gasteiger partial charge is 0.416 e. The van der Waals surface area contributed by atoms with E-state index in [1.807, 2.05) is 20.8 Å². The number of halogens is 1. The molecule has 4 nitrogen and oxygen atoms in total. The van der Waals surface area contributed by atoms with Gasteiger partial charge in [-0.05, 0) is 20.8 Å². The number of carbonyl (C=O) groups excluding carboxylic acids is 1. The van der Waals surface area contributed by atoms with Crippen molar-refractivity contribution in [1.29, 1.82) is 0 Å². The van der Waals surface area contributed by atoms with Gasteiger partial charge in [-0.1, -0.05) is 23.8 Å². The Balaban J connectivity index is 3.09. The topological polar surface area (TPSA) is 42.4 Å². The van der Waals surface area contributed by atoms with E-state index in [0.717, 1.165) is 4.88 Å². The molecule has 0 aliphatic rings. The molecule has 0 N–H and O–H groups in total. The number of amides is 1. The summed E-state index contributed by atoms with van der Waals surface area (Å²) in [6.07, 6.45) is 3.49. The number of aromatic nitrogens is 1. The quantitative estimate of drug-likeness (QED) is 0.754. The van der Waals surface area contributed by atoms with Crippen LogP contribution in [0.5, 0.6) is 0 Å². The van der Waals surface area contributed by atoms with Crippen LogP contribution in [0.2, 0.25) is 4.47 Å². The second kappa shape index (κ2) is 6.90. The molecule has 1 aromatic heterocycles. The number of thiazole rings is 1. The summed E-state index contributed by atoms with van der Waals surface area (Å²) in [6, 6.07) is 0. The molecule has 110 valence electrons. The van der Waals surface area contributed by atoms with Crippen molar-refractivity contribution in [3.63, 3.8) is 0 Å². The lowest BCUT2D eigenvalue weighted by molar-refractivity contribution is 0.0583. The Labute approximate surface area is 128 Å². The first-order valence-electron chi connectivity index (χ1n) is 6.16. The number of carbonyl (C=O) groups is 1. The van der Waals surface area contributed by atoms with Crippen molar-refractivity contribution in [2.75, 3.05) is 11.4 Å². The molecule has 0 spiro atoms. The third-order valence-corrected chi connectivity index (χ3v) is 3.33. The summed E-state index contributed by atoms with van der Waals surface area (Å²) in [5.74, 6) is 0.508. The molecule has 0 fully saturated rings. The third-order valence-electron chi connectivity index (χ3n) is 2.16. The van der Waals surface area contributed by atoms with Gasteiger partial charge in [0.2, 0.25) is 0 Å². The molecule has 0 unspecified atom stereocenters. The highest BCUT2D eigenvalue weighted by molar-refractivity contribution is 7.16. The number of anilines is 1. The van der Waals surface area contributed by atoms with E-state index < -0.39 is 11.7 Å². The minimum absolute atomic E-state index is 0.305. The number of hydrogen-bond donors (Lipinski definition) is 0. The summed E-state index contributed by atoms with van der Waals surface area (Å²) in [4.78, 5) is 18.8. The average Bonchev–Trinajstić information content (AvgIpc) is 2.65. The molecule has 0 atom stereocenters. The van der Waals surface area contributed by atoms with Crippen LogP contribution < -0.4 is 4.90 Å². The SMILES string of the molecule is C=CCc1sc(Cl)nc1N(CC=C)C(=O)OC(C)(C)C. The predicted octanol–water partition coefficient (Wildman–Crippen LogP) is 4.45. The third kappa shape index (κ3) is 4.65. The zero-order chi connectivity index (χ0) is 15.3. The largest absolute Gasteiger partial charge is 0.443 e. The van der Waals surface area contributed by atoms with Crippen LogP contribution in [0.15, 0.2) is 25.3 Å². The average molecular weight is 315 g/mol. The molecule has 0 saturated carbocycles. The summed E-state index contributed by atoms with van der Waals surface area (Å²) in [6.45, 7) is 13.1. The molecule has 0 aromatic carbocycles. The minimum Gasteiger partial charge on any atom is -0.443 e. The number of allylic oxidation sites excluding steroid dienone is 1. The van der Waals surface area contributed by atoms with Crippen molar-refractivity contribution in [2.45, 2.75) is 32.8 Å². The van der Waals surface area contributed by atoms with E-state index in [1.165, 1.54) is 16.2 Å². The second-order valence-corrected chi connectivity index (χ2v) is 6.75. The maximum atomic E-state index is 12.3. The van der Waals surface area contributed by atoms with E-state index in [4.69, 9.17) is 16.3 Å². The van der Waals surface area contributed by atoms with E-state index in [0.29, 0.717) is 23.3 Å². The summed E-state index contributed by atoms with van der Waals surface area (Å²) >= 11 is 7.28. The fraction of sp³-hybridized carbons (Fsp3) is 0.429. The second-order valence-electron chi connectivity index (χ2n) is 5.09. The molecular formula is C14H19ClN2O2S. The maximum absolute atomic E-state index is 12.3. The van der Waals surface area contributed by atoms with Crippen LogP contribution in [0.1, 0.15) is 25.6 Å².